The van der Waals surface area contributed by atoms with E-state index in [2.05, 4.69) is 26.6 Å². The van der Waals surface area contributed by atoms with Crippen LogP contribution in [0.1, 0.15) is 11.1 Å². The lowest BCUT2D eigenvalue weighted by Gasteiger charge is -2.15. The van der Waals surface area contributed by atoms with Crippen LogP contribution in [-0.4, -0.2) is 39.3 Å². The first-order chi connectivity index (χ1) is 12.1. The van der Waals surface area contributed by atoms with E-state index in [4.69, 9.17) is 0 Å². The summed E-state index contributed by atoms with van der Waals surface area (Å²) in [7, 11) is -0.616. The summed E-state index contributed by atoms with van der Waals surface area (Å²) in [5.74, 6) is -0.260. The van der Waals surface area contributed by atoms with Gasteiger partial charge in [-0.15, -0.1) is 0 Å². The van der Waals surface area contributed by atoms with E-state index in [9.17, 15) is 13.2 Å². The molecule has 140 valence electrons. The summed E-state index contributed by atoms with van der Waals surface area (Å²) in [4.78, 5) is 12.4. The van der Waals surface area contributed by atoms with Crippen molar-refractivity contribution in [2.75, 3.05) is 31.3 Å². The Hall–Kier alpha value is -1.90. The predicted octanol–water partition coefficient (Wildman–Crippen LogP) is 3.37. The Morgan fingerprint density at radius 2 is 1.77 bits per heavy atom. The molecule has 0 unspecified atom stereocenters. The van der Waals surface area contributed by atoms with E-state index in [1.165, 1.54) is 20.2 Å². The molecule has 6 nitrogen and oxygen atoms in total. The molecule has 2 aromatic rings. The highest BCUT2D eigenvalue weighted by Gasteiger charge is 2.20. The lowest BCUT2D eigenvalue weighted by atomic mass is 10.2. The van der Waals surface area contributed by atoms with Gasteiger partial charge in [0, 0.05) is 29.9 Å². The Morgan fingerprint density at radius 1 is 1.08 bits per heavy atom. The molecule has 0 aliphatic carbocycles. The van der Waals surface area contributed by atoms with E-state index in [0.29, 0.717) is 11.3 Å². The van der Waals surface area contributed by atoms with Gasteiger partial charge in [0.05, 0.1) is 11.4 Å². The lowest BCUT2D eigenvalue weighted by molar-refractivity contribution is -0.114. The molecule has 2 rings (SSSR count). The molecule has 0 aliphatic heterocycles. The van der Waals surface area contributed by atoms with E-state index in [0.717, 1.165) is 20.0 Å². The van der Waals surface area contributed by atoms with Crippen molar-refractivity contribution in [3.8, 4) is 0 Å². The molecular formula is C18H22BrN3O3S. The molecule has 0 atom stereocenters. The molecule has 0 fully saturated rings. The van der Waals surface area contributed by atoms with Crippen LogP contribution in [0.4, 0.5) is 11.4 Å². The summed E-state index contributed by atoms with van der Waals surface area (Å²) in [6.07, 6.45) is 0. The SMILES string of the molecule is Cc1cc(Br)ccc1NCC(=O)Nc1ccc(C)c(S(=O)(=O)N(C)C)c1. The number of anilines is 2. The van der Waals surface area contributed by atoms with Crippen LogP contribution in [0.2, 0.25) is 0 Å². The Labute approximate surface area is 162 Å². The Morgan fingerprint density at radius 3 is 2.38 bits per heavy atom. The topological polar surface area (TPSA) is 78.5 Å². The first-order valence-corrected chi connectivity index (χ1v) is 10.2. The second-order valence-corrected chi connectivity index (χ2v) is 9.16. The van der Waals surface area contributed by atoms with Gasteiger partial charge in [0.2, 0.25) is 15.9 Å². The third-order valence-electron chi connectivity index (χ3n) is 3.86. The van der Waals surface area contributed by atoms with Crippen LogP contribution in [0.3, 0.4) is 0 Å². The molecule has 1 amide bonds. The van der Waals surface area contributed by atoms with Gasteiger partial charge in [-0.25, -0.2) is 12.7 Å². The van der Waals surface area contributed by atoms with E-state index < -0.39 is 10.0 Å². The van der Waals surface area contributed by atoms with Crippen LogP contribution in [0, 0.1) is 13.8 Å². The van der Waals surface area contributed by atoms with E-state index >= 15 is 0 Å². The molecule has 2 N–H and O–H groups in total. The third-order valence-corrected chi connectivity index (χ3v) is 6.31. The molecule has 0 aliphatic rings. The Kier molecular flexibility index (Phi) is 6.44. The fourth-order valence-electron chi connectivity index (χ4n) is 2.36. The average Bonchev–Trinajstić information content (AvgIpc) is 2.55. The number of amides is 1. The number of hydrogen-bond acceptors (Lipinski definition) is 4. The molecule has 0 saturated heterocycles. The van der Waals surface area contributed by atoms with Gasteiger partial charge in [-0.05, 0) is 55.3 Å². The minimum atomic E-state index is -3.57. The quantitative estimate of drug-likeness (QED) is 0.722. The van der Waals surface area contributed by atoms with Crippen molar-refractivity contribution in [1.82, 2.24) is 4.31 Å². The van der Waals surface area contributed by atoms with Crippen molar-refractivity contribution in [3.05, 3.63) is 52.0 Å². The number of hydrogen-bond donors (Lipinski definition) is 2. The molecule has 8 heteroatoms. The standard InChI is InChI=1S/C18H22BrN3O3S/c1-12-5-7-15(10-17(12)26(24,25)22(3)4)21-18(23)11-20-16-8-6-14(19)9-13(16)2/h5-10,20H,11H2,1-4H3,(H,21,23). The summed E-state index contributed by atoms with van der Waals surface area (Å²) in [6, 6.07) is 10.6. The molecule has 0 bridgehead atoms. The first-order valence-electron chi connectivity index (χ1n) is 7.94. The summed E-state index contributed by atoms with van der Waals surface area (Å²) >= 11 is 3.40. The second kappa shape index (κ2) is 8.20. The van der Waals surface area contributed by atoms with Crippen molar-refractivity contribution in [1.29, 1.82) is 0 Å². The number of carbonyl (C=O) groups excluding carboxylic acids is 1. The average molecular weight is 440 g/mol. The van der Waals surface area contributed by atoms with Crippen LogP contribution >= 0.6 is 15.9 Å². The van der Waals surface area contributed by atoms with Gasteiger partial charge in [-0.2, -0.15) is 0 Å². The number of benzene rings is 2. The molecule has 2 aromatic carbocycles. The highest BCUT2D eigenvalue weighted by Crippen LogP contribution is 2.23. The summed E-state index contributed by atoms with van der Waals surface area (Å²) < 4.78 is 26.9. The monoisotopic (exact) mass is 439 g/mol. The zero-order valence-corrected chi connectivity index (χ0v) is 17.5. The molecule has 0 saturated carbocycles. The van der Waals surface area contributed by atoms with E-state index in [1.807, 2.05) is 25.1 Å². The molecule has 0 radical (unpaired) electrons. The van der Waals surface area contributed by atoms with Gasteiger partial charge < -0.3 is 10.6 Å². The summed E-state index contributed by atoms with van der Waals surface area (Å²) in [5, 5.41) is 5.80. The number of halogens is 1. The normalized spacial score (nSPS) is 11.5. The van der Waals surface area contributed by atoms with Crippen molar-refractivity contribution in [2.45, 2.75) is 18.7 Å². The number of nitrogens with one attached hydrogen (secondary N) is 2. The minimum absolute atomic E-state index is 0.0755. The molecule has 26 heavy (non-hydrogen) atoms. The van der Waals surface area contributed by atoms with Crippen LogP contribution in [-0.2, 0) is 14.8 Å². The minimum Gasteiger partial charge on any atom is -0.376 e. The van der Waals surface area contributed by atoms with Gasteiger partial charge >= 0.3 is 0 Å². The van der Waals surface area contributed by atoms with E-state index in [-0.39, 0.29) is 17.3 Å². The highest BCUT2D eigenvalue weighted by molar-refractivity contribution is 9.10. The van der Waals surface area contributed by atoms with Gasteiger partial charge in [-0.1, -0.05) is 22.0 Å². The molecule has 0 spiro atoms. The van der Waals surface area contributed by atoms with E-state index in [1.54, 1.807) is 19.1 Å². The third kappa shape index (κ3) is 4.84. The van der Waals surface area contributed by atoms with Crippen molar-refractivity contribution in [3.63, 3.8) is 0 Å². The number of rotatable bonds is 6. The predicted molar refractivity (Wildman–Crippen MR) is 108 cm³/mol. The first kappa shape index (κ1) is 20.4. The van der Waals surface area contributed by atoms with Crippen molar-refractivity contribution in [2.24, 2.45) is 0 Å². The number of nitrogens with zero attached hydrogens (tertiary/aromatic N) is 1. The zero-order valence-electron chi connectivity index (χ0n) is 15.1. The van der Waals surface area contributed by atoms with Gasteiger partial charge in [0.25, 0.3) is 0 Å². The maximum absolute atomic E-state index is 12.4. The largest absolute Gasteiger partial charge is 0.376 e. The molecule has 0 aromatic heterocycles. The highest BCUT2D eigenvalue weighted by atomic mass is 79.9. The smallest absolute Gasteiger partial charge is 0.243 e. The van der Waals surface area contributed by atoms with Crippen LogP contribution in [0.5, 0.6) is 0 Å². The number of aryl methyl sites for hydroxylation is 2. The summed E-state index contributed by atoms with van der Waals surface area (Å²) in [6.45, 7) is 3.75. The molecular weight excluding hydrogens is 418 g/mol. The molecule has 0 heterocycles. The lowest BCUT2D eigenvalue weighted by Crippen LogP contribution is -2.24. The van der Waals surface area contributed by atoms with Gasteiger partial charge in [0.15, 0.2) is 0 Å². The number of sulfonamides is 1. The number of carbonyl (C=O) groups is 1. The Bertz CT molecular complexity index is 927. The fourth-order valence-corrected chi connectivity index (χ4v) is 3.98. The fraction of sp³-hybridized carbons (Fsp3) is 0.278. The maximum Gasteiger partial charge on any atom is 0.243 e. The van der Waals surface area contributed by atoms with Crippen molar-refractivity contribution >= 4 is 43.2 Å². The van der Waals surface area contributed by atoms with Gasteiger partial charge in [0.1, 0.15) is 0 Å². The van der Waals surface area contributed by atoms with Crippen LogP contribution in [0.25, 0.3) is 0 Å². The maximum atomic E-state index is 12.4. The Balaban J connectivity index is 2.10. The summed E-state index contributed by atoms with van der Waals surface area (Å²) in [5.41, 5.74) is 2.95. The van der Waals surface area contributed by atoms with Crippen molar-refractivity contribution < 1.29 is 13.2 Å². The van der Waals surface area contributed by atoms with Crippen LogP contribution in [0.15, 0.2) is 45.8 Å². The zero-order chi connectivity index (χ0) is 19.5. The second-order valence-electron chi connectivity index (χ2n) is 6.13. The van der Waals surface area contributed by atoms with Gasteiger partial charge in [-0.3, -0.25) is 4.79 Å². The van der Waals surface area contributed by atoms with Crippen LogP contribution < -0.4 is 10.6 Å².